The predicted molar refractivity (Wildman–Crippen MR) is 123 cm³/mol. The smallest absolute Gasteiger partial charge is 0.322 e. The van der Waals surface area contributed by atoms with Crippen molar-refractivity contribution in [3.63, 3.8) is 0 Å². The standard InChI is InChI=1S/C22H17N5O6S/c1-14-6-12-17(13-7-14)34(31,32)26-19-5-3-2-4-18(19)20(28)23-22-25-24-21(33-22)15-8-10-16(11-9-15)27(29)30/h2-13,26H,1H3,(H,23,25,28). The lowest BCUT2D eigenvalue weighted by molar-refractivity contribution is -0.384. The number of amides is 1. The minimum absolute atomic E-state index is 0.0354. The molecule has 0 atom stereocenters. The van der Waals surface area contributed by atoms with Crippen LogP contribution in [0.1, 0.15) is 15.9 Å². The second kappa shape index (κ2) is 9.11. The first kappa shape index (κ1) is 22.6. The van der Waals surface area contributed by atoms with Crippen molar-refractivity contribution in [2.24, 2.45) is 0 Å². The third kappa shape index (κ3) is 4.91. The molecule has 0 radical (unpaired) electrons. The van der Waals surface area contributed by atoms with Gasteiger partial charge in [0.05, 0.1) is 21.1 Å². The molecule has 0 spiro atoms. The molecule has 0 bridgehead atoms. The van der Waals surface area contributed by atoms with E-state index in [1.807, 2.05) is 6.92 Å². The molecule has 1 amide bonds. The summed E-state index contributed by atoms with van der Waals surface area (Å²) in [6, 6.07) is 17.6. The van der Waals surface area contributed by atoms with Crippen molar-refractivity contribution in [2.75, 3.05) is 10.0 Å². The highest BCUT2D eigenvalue weighted by Crippen LogP contribution is 2.24. The quantitative estimate of drug-likeness (QED) is 0.297. The summed E-state index contributed by atoms with van der Waals surface area (Å²) in [5.74, 6) is -0.639. The highest BCUT2D eigenvalue weighted by Gasteiger charge is 2.20. The Morgan fingerprint density at radius 3 is 2.32 bits per heavy atom. The van der Waals surface area contributed by atoms with Crippen molar-refractivity contribution in [3.8, 4) is 11.5 Å². The number of para-hydroxylation sites is 1. The fourth-order valence-corrected chi connectivity index (χ4v) is 4.05. The number of nitro groups is 1. The van der Waals surface area contributed by atoms with Crippen LogP contribution in [0.25, 0.3) is 11.5 Å². The number of non-ortho nitro benzene ring substituents is 1. The molecule has 172 valence electrons. The van der Waals surface area contributed by atoms with Crippen LogP contribution < -0.4 is 10.0 Å². The van der Waals surface area contributed by atoms with Crippen LogP contribution in [0, 0.1) is 17.0 Å². The van der Waals surface area contributed by atoms with Crippen LogP contribution in [-0.4, -0.2) is 29.4 Å². The van der Waals surface area contributed by atoms with Crippen LogP contribution >= 0.6 is 0 Å². The van der Waals surface area contributed by atoms with E-state index in [1.165, 1.54) is 48.5 Å². The van der Waals surface area contributed by atoms with Crippen molar-refractivity contribution in [1.29, 1.82) is 0 Å². The molecular weight excluding hydrogens is 462 g/mol. The lowest BCUT2D eigenvalue weighted by Crippen LogP contribution is -2.18. The maximum Gasteiger partial charge on any atom is 0.322 e. The number of aryl methyl sites for hydroxylation is 1. The van der Waals surface area contributed by atoms with E-state index in [-0.39, 0.29) is 33.7 Å². The van der Waals surface area contributed by atoms with E-state index < -0.39 is 20.9 Å². The predicted octanol–water partition coefficient (Wildman–Crippen LogP) is 4.01. The number of hydrogen-bond donors (Lipinski definition) is 2. The lowest BCUT2D eigenvalue weighted by atomic mass is 10.2. The molecular formula is C22H17N5O6S. The molecule has 0 unspecified atom stereocenters. The van der Waals surface area contributed by atoms with Gasteiger partial charge in [0.25, 0.3) is 21.6 Å². The molecule has 2 N–H and O–H groups in total. The van der Waals surface area contributed by atoms with Gasteiger partial charge in [0.15, 0.2) is 0 Å². The van der Waals surface area contributed by atoms with Gasteiger partial charge in [-0.3, -0.25) is 24.9 Å². The number of anilines is 2. The first-order valence-electron chi connectivity index (χ1n) is 9.81. The third-order valence-corrected chi connectivity index (χ3v) is 6.10. The van der Waals surface area contributed by atoms with Crippen LogP contribution in [0.4, 0.5) is 17.4 Å². The molecule has 0 aliphatic heterocycles. The Balaban J connectivity index is 1.52. The van der Waals surface area contributed by atoms with Gasteiger partial charge in [-0.15, -0.1) is 5.10 Å². The highest BCUT2D eigenvalue weighted by atomic mass is 32.2. The van der Waals surface area contributed by atoms with Gasteiger partial charge >= 0.3 is 6.01 Å². The number of carbonyl (C=O) groups excluding carboxylic acids is 1. The van der Waals surface area contributed by atoms with E-state index in [0.29, 0.717) is 5.56 Å². The topological polar surface area (TPSA) is 157 Å². The first-order valence-corrected chi connectivity index (χ1v) is 11.3. The van der Waals surface area contributed by atoms with Crippen molar-refractivity contribution in [3.05, 3.63) is 94.0 Å². The number of benzene rings is 3. The molecule has 0 saturated carbocycles. The van der Waals surface area contributed by atoms with Gasteiger partial charge in [-0.25, -0.2) is 8.42 Å². The van der Waals surface area contributed by atoms with Crippen LogP contribution in [0.15, 0.2) is 82.1 Å². The summed E-state index contributed by atoms with van der Waals surface area (Å²) < 4.78 is 33.3. The number of carbonyl (C=O) groups is 1. The van der Waals surface area contributed by atoms with Gasteiger partial charge in [0, 0.05) is 17.7 Å². The number of aromatic nitrogens is 2. The first-order chi connectivity index (χ1) is 16.2. The molecule has 3 aromatic carbocycles. The van der Waals surface area contributed by atoms with Crippen LogP contribution in [0.3, 0.4) is 0 Å². The Labute approximate surface area is 193 Å². The van der Waals surface area contributed by atoms with E-state index in [9.17, 15) is 23.3 Å². The third-order valence-electron chi connectivity index (χ3n) is 4.72. The van der Waals surface area contributed by atoms with Gasteiger partial charge in [0.1, 0.15) is 0 Å². The second-order valence-corrected chi connectivity index (χ2v) is 8.82. The normalized spacial score (nSPS) is 11.1. The number of nitrogens with one attached hydrogen (secondary N) is 2. The molecule has 11 nitrogen and oxygen atoms in total. The summed E-state index contributed by atoms with van der Waals surface area (Å²) in [6.07, 6.45) is 0. The number of nitro benzene ring substituents is 1. The molecule has 12 heteroatoms. The Bertz CT molecular complexity index is 1460. The maximum atomic E-state index is 12.8. The summed E-state index contributed by atoms with van der Waals surface area (Å²) in [5.41, 5.74) is 1.33. The SMILES string of the molecule is Cc1ccc(S(=O)(=O)Nc2ccccc2C(=O)Nc2nnc(-c3ccc([N+](=O)[O-])cc3)o2)cc1. The number of hydrogen-bond acceptors (Lipinski definition) is 8. The number of sulfonamides is 1. The Morgan fingerprint density at radius 1 is 0.971 bits per heavy atom. The molecule has 34 heavy (non-hydrogen) atoms. The van der Waals surface area contributed by atoms with Gasteiger partial charge in [-0.1, -0.05) is 34.9 Å². The lowest BCUT2D eigenvalue weighted by Gasteiger charge is -2.12. The summed E-state index contributed by atoms with van der Waals surface area (Å²) in [7, 11) is -3.93. The zero-order valence-electron chi connectivity index (χ0n) is 17.6. The Morgan fingerprint density at radius 2 is 1.65 bits per heavy atom. The second-order valence-electron chi connectivity index (χ2n) is 7.13. The zero-order chi connectivity index (χ0) is 24.3. The average molecular weight is 479 g/mol. The average Bonchev–Trinajstić information content (AvgIpc) is 3.28. The fraction of sp³-hybridized carbons (Fsp3) is 0.0455. The van der Waals surface area contributed by atoms with E-state index in [4.69, 9.17) is 4.42 Å². The Hall–Kier alpha value is -4.58. The monoisotopic (exact) mass is 479 g/mol. The molecule has 4 aromatic rings. The maximum absolute atomic E-state index is 12.8. The molecule has 1 heterocycles. The molecule has 1 aromatic heterocycles. The van der Waals surface area contributed by atoms with Gasteiger partial charge in [-0.2, -0.15) is 0 Å². The molecule has 0 aliphatic carbocycles. The highest BCUT2D eigenvalue weighted by molar-refractivity contribution is 7.92. The van der Waals surface area contributed by atoms with E-state index in [1.54, 1.807) is 24.3 Å². The number of rotatable bonds is 7. The molecule has 4 rings (SSSR count). The van der Waals surface area contributed by atoms with Gasteiger partial charge in [-0.05, 0) is 43.3 Å². The summed E-state index contributed by atoms with van der Waals surface area (Å²) in [6.45, 7) is 1.84. The zero-order valence-corrected chi connectivity index (χ0v) is 18.4. The molecule has 0 aliphatic rings. The van der Waals surface area contributed by atoms with E-state index in [0.717, 1.165) is 5.56 Å². The van der Waals surface area contributed by atoms with Crippen LogP contribution in [0.5, 0.6) is 0 Å². The van der Waals surface area contributed by atoms with Crippen LogP contribution in [0.2, 0.25) is 0 Å². The van der Waals surface area contributed by atoms with Crippen molar-refractivity contribution in [2.45, 2.75) is 11.8 Å². The summed E-state index contributed by atoms with van der Waals surface area (Å²) >= 11 is 0. The van der Waals surface area contributed by atoms with Gasteiger partial charge < -0.3 is 4.42 Å². The van der Waals surface area contributed by atoms with Crippen molar-refractivity contribution < 1.29 is 22.6 Å². The Kier molecular flexibility index (Phi) is 6.06. The number of nitrogens with zero attached hydrogens (tertiary/aromatic N) is 3. The summed E-state index contributed by atoms with van der Waals surface area (Å²) in [4.78, 5) is 23.1. The largest absolute Gasteiger partial charge is 0.403 e. The van der Waals surface area contributed by atoms with E-state index in [2.05, 4.69) is 20.2 Å². The molecule has 0 fully saturated rings. The minimum Gasteiger partial charge on any atom is -0.403 e. The molecule has 0 saturated heterocycles. The van der Waals surface area contributed by atoms with Crippen molar-refractivity contribution >= 4 is 33.3 Å². The van der Waals surface area contributed by atoms with E-state index >= 15 is 0 Å². The van der Waals surface area contributed by atoms with Crippen LogP contribution in [-0.2, 0) is 10.0 Å². The van der Waals surface area contributed by atoms with Gasteiger partial charge in [0.2, 0.25) is 5.89 Å². The minimum atomic E-state index is -3.93. The fourth-order valence-electron chi connectivity index (χ4n) is 2.97. The summed E-state index contributed by atoms with van der Waals surface area (Å²) in [5, 5.41) is 20.8. The van der Waals surface area contributed by atoms with Crippen molar-refractivity contribution in [1.82, 2.24) is 10.2 Å².